The van der Waals surface area contributed by atoms with Gasteiger partial charge in [0.2, 0.25) is 0 Å². The summed E-state index contributed by atoms with van der Waals surface area (Å²) in [6.45, 7) is 4.42. The minimum Gasteiger partial charge on any atom is -0.508 e. The van der Waals surface area contributed by atoms with E-state index >= 15 is 0 Å². The number of nitrogens with one attached hydrogen (secondary N) is 2. The maximum Gasteiger partial charge on any atom is 0.336 e. The van der Waals surface area contributed by atoms with Gasteiger partial charge in [-0.15, -0.1) is 0 Å². The van der Waals surface area contributed by atoms with Crippen LogP contribution in [0, 0.1) is 15.5 Å². The number of nitro groups is 1. The fraction of sp³-hybridized carbons (Fsp3) is 0.182. The number of phenols is 1. The molecule has 14 heteroatoms. The molecule has 0 atom stereocenters. The summed E-state index contributed by atoms with van der Waals surface area (Å²) < 4.78 is 11.8. The van der Waals surface area contributed by atoms with Crippen molar-refractivity contribution in [1.29, 1.82) is 0 Å². The maximum atomic E-state index is 12.7. The monoisotopic (exact) mass is 645 g/mol. The number of benzene rings is 4. The average Bonchev–Trinajstić information content (AvgIpc) is 3.03. The lowest BCUT2D eigenvalue weighted by Gasteiger charge is -2.25. The molecule has 0 heterocycles. The second-order valence-corrected chi connectivity index (χ2v) is 11.1. The summed E-state index contributed by atoms with van der Waals surface area (Å²) >= 11 is 0. The molecule has 0 unspecified atom stereocenters. The minimum absolute atomic E-state index is 0.0264. The minimum atomic E-state index is -1.39. The van der Waals surface area contributed by atoms with Crippen LogP contribution in [0.1, 0.15) is 50.5 Å². The summed E-state index contributed by atoms with van der Waals surface area (Å²) in [5.41, 5.74) is 2.48. The number of aromatic hydroxyl groups is 1. The Bertz CT molecular complexity index is 1770. The van der Waals surface area contributed by atoms with E-state index in [9.17, 15) is 39.8 Å². The van der Waals surface area contributed by atoms with Gasteiger partial charge in [0.25, 0.3) is 11.6 Å². The maximum absolute atomic E-state index is 12.7. The molecular weight excluding hydrogens is 614 g/mol. The zero-order valence-electron chi connectivity index (χ0n) is 25.3. The van der Waals surface area contributed by atoms with Crippen molar-refractivity contribution in [3.8, 4) is 17.2 Å². The highest BCUT2D eigenvalue weighted by Gasteiger charge is 2.22. The third-order valence-electron chi connectivity index (χ3n) is 6.65. The van der Waals surface area contributed by atoms with Crippen LogP contribution in [-0.2, 0) is 11.4 Å². The Morgan fingerprint density at radius 3 is 1.87 bits per heavy atom. The van der Waals surface area contributed by atoms with E-state index in [4.69, 9.17) is 14.3 Å². The van der Waals surface area contributed by atoms with Crippen LogP contribution < -0.4 is 20.3 Å². The first-order valence-electron chi connectivity index (χ1n) is 14.0. The Kier molecular flexibility index (Phi) is 10.6. The molecule has 0 aliphatic carbocycles. The van der Waals surface area contributed by atoms with Crippen molar-refractivity contribution >= 4 is 34.9 Å². The van der Waals surface area contributed by atoms with Crippen molar-refractivity contribution in [2.24, 2.45) is 5.41 Å². The standard InChI is InChI=1S/C33H31N3O11/c1-33(2,19-46-26-11-5-22(6-12-26)35-47-17-20-15-24(37)8-14-27(20)31(39)40)18-45-25-9-3-21(4-10-25)34-30(38)29-16-23(36(43)44)7-13-28(29)32(41)42/h3-16,35,37H,17-19H2,1-2H3,(H,34,38)(H,39,40)(H,41,42). The predicted octanol–water partition coefficient (Wildman–Crippen LogP) is 5.98. The van der Waals surface area contributed by atoms with Gasteiger partial charge < -0.3 is 30.1 Å². The Labute approximate surface area is 268 Å². The van der Waals surface area contributed by atoms with Gasteiger partial charge in [0.1, 0.15) is 23.9 Å². The lowest BCUT2D eigenvalue weighted by atomic mass is 9.96. The predicted molar refractivity (Wildman–Crippen MR) is 169 cm³/mol. The Morgan fingerprint density at radius 2 is 1.32 bits per heavy atom. The van der Waals surface area contributed by atoms with Crippen LogP contribution in [0.25, 0.3) is 0 Å². The molecule has 4 aromatic carbocycles. The number of carboxylic acid groups (broad SMARTS) is 2. The quantitative estimate of drug-likeness (QED) is 0.0748. The van der Waals surface area contributed by atoms with Crippen LogP contribution in [0.4, 0.5) is 17.1 Å². The summed E-state index contributed by atoms with van der Waals surface area (Å²) in [7, 11) is 0. The SMILES string of the molecule is CC(C)(COc1ccc(NOCc2cc(O)ccc2C(=O)O)cc1)COc1ccc(NC(=O)c2cc([N+](=O)[O-])ccc2C(=O)O)cc1. The zero-order valence-corrected chi connectivity index (χ0v) is 25.3. The van der Waals surface area contributed by atoms with Gasteiger partial charge >= 0.3 is 11.9 Å². The molecule has 14 nitrogen and oxygen atoms in total. The molecule has 0 spiro atoms. The van der Waals surface area contributed by atoms with Crippen molar-refractivity contribution < 1.29 is 48.9 Å². The lowest BCUT2D eigenvalue weighted by Crippen LogP contribution is -2.28. The highest BCUT2D eigenvalue weighted by atomic mass is 16.6. The van der Waals surface area contributed by atoms with Crippen LogP contribution in [0.2, 0.25) is 0 Å². The van der Waals surface area contributed by atoms with E-state index in [-0.39, 0.29) is 35.7 Å². The third-order valence-corrected chi connectivity index (χ3v) is 6.65. The molecule has 0 aromatic heterocycles. The number of aromatic carboxylic acids is 2. The van der Waals surface area contributed by atoms with Crippen molar-refractivity contribution in [1.82, 2.24) is 0 Å². The number of ether oxygens (including phenoxy) is 2. The molecule has 0 fully saturated rings. The molecule has 0 saturated carbocycles. The number of phenolic OH excluding ortho intramolecular Hbond substituents is 1. The lowest BCUT2D eigenvalue weighted by molar-refractivity contribution is -0.384. The zero-order chi connectivity index (χ0) is 34.1. The Hall–Kier alpha value is -6.15. The smallest absolute Gasteiger partial charge is 0.336 e. The first-order valence-corrected chi connectivity index (χ1v) is 14.0. The fourth-order valence-corrected chi connectivity index (χ4v) is 4.18. The largest absolute Gasteiger partial charge is 0.508 e. The molecule has 244 valence electrons. The highest BCUT2D eigenvalue weighted by molar-refractivity contribution is 6.11. The first-order chi connectivity index (χ1) is 22.3. The van der Waals surface area contributed by atoms with Gasteiger partial charge in [0, 0.05) is 23.2 Å². The number of hydrogen-bond acceptors (Lipinski definition) is 10. The fourth-order valence-electron chi connectivity index (χ4n) is 4.18. The summed E-state index contributed by atoms with van der Waals surface area (Å²) in [6, 6.07) is 20.2. The molecule has 0 aliphatic heterocycles. The number of carboxylic acids is 2. The number of amides is 1. The van der Waals surface area contributed by atoms with E-state index < -0.39 is 33.9 Å². The molecule has 0 saturated heterocycles. The second-order valence-electron chi connectivity index (χ2n) is 11.1. The van der Waals surface area contributed by atoms with E-state index in [2.05, 4.69) is 10.8 Å². The molecule has 0 aliphatic rings. The number of carbonyl (C=O) groups excluding carboxylic acids is 1. The number of hydrogen-bond donors (Lipinski definition) is 5. The number of non-ortho nitro benzene ring substituents is 1. The Morgan fingerprint density at radius 1 is 0.766 bits per heavy atom. The number of rotatable bonds is 15. The summed E-state index contributed by atoms with van der Waals surface area (Å²) in [4.78, 5) is 51.4. The number of nitro benzene ring substituents is 1. The number of anilines is 2. The molecule has 47 heavy (non-hydrogen) atoms. The van der Waals surface area contributed by atoms with E-state index in [0.29, 0.717) is 35.0 Å². The van der Waals surface area contributed by atoms with Gasteiger partial charge in [0.05, 0.1) is 40.5 Å². The average molecular weight is 646 g/mol. The first kappa shape index (κ1) is 33.7. The summed E-state index contributed by atoms with van der Waals surface area (Å²) in [6.07, 6.45) is 0. The van der Waals surface area contributed by atoms with Gasteiger partial charge in [-0.05, 0) is 78.4 Å². The van der Waals surface area contributed by atoms with Crippen LogP contribution in [0.3, 0.4) is 0 Å². The van der Waals surface area contributed by atoms with Crippen molar-refractivity contribution in [3.05, 3.63) is 117 Å². The van der Waals surface area contributed by atoms with Crippen molar-refractivity contribution in [2.45, 2.75) is 20.5 Å². The van der Waals surface area contributed by atoms with Crippen LogP contribution in [0.15, 0.2) is 84.9 Å². The van der Waals surface area contributed by atoms with E-state index in [0.717, 1.165) is 18.2 Å². The van der Waals surface area contributed by atoms with E-state index in [1.807, 2.05) is 13.8 Å². The van der Waals surface area contributed by atoms with Crippen LogP contribution >= 0.6 is 0 Å². The van der Waals surface area contributed by atoms with Gasteiger partial charge in [-0.25, -0.2) is 9.59 Å². The molecular formula is C33H31N3O11. The molecule has 1 amide bonds. The third kappa shape index (κ3) is 9.42. The normalized spacial score (nSPS) is 10.9. The molecule has 4 aromatic rings. The van der Waals surface area contributed by atoms with Crippen molar-refractivity contribution in [2.75, 3.05) is 24.0 Å². The second kappa shape index (κ2) is 14.8. The van der Waals surface area contributed by atoms with Crippen molar-refractivity contribution in [3.63, 3.8) is 0 Å². The molecule has 0 bridgehead atoms. The molecule has 0 radical (unpaired) electrons. The molecule has 5 N–H and O–H groups in total. The van der Waals surface area contributed by atoms with Crippen LogP contribution in [0.5, 0.6) is 17.2 Å². The van der Waals surface area contributed by atoms with Gasteiger partial charge in [-0.2, -0.15) is 0 Å². The van der Waals surface area contributed by atoms with Gasteiger partial charge in [-0.1, -0.05) is 13.8 Å². The van der Waals surface area contributed by atoms with E-state index in [1.165, 1.54) is 18.2 Å². The highest BCUT2D eigenvalue weighted by Crippen LogP contribution is 2.25. The van der Waals surface area contributed by atoms with E-state index in [1.54, 1.807) is 48.5 Å². The topological polar surface area (TPSA) is 207 Å². The summed E-state index contributed by atoms with van der Waals surface area (Å²) in [5, 5.41) is 41.9. The van der Waals surface area contributed by atoms with Gasteiger partial charge in [-0.3, -0.25) is 25.2 Å². The van der Waals surface area contributed by atoms with Crippen LogP contribution in [-0.4, -0.2) is 51.3 Å². The summed E-state index contributed by atoms with van der Waals surface area (Å²) in [5.74, 6) is -2.28. The number of nitrogens with zero attached hydrogens (tertiary/aromatic N) is 1. The Balaban J connectivity index is 1.24. The molecule has 4 rings (SSSR count). The van der Waals surface area contributed by atoms with Gasteiger partial charge in [0.15, 0.2) is 0 Å². The number of carbonyl (C=O) groups is 3.